The van der Waals surface area contributed by atoms with Crippen LogP contribution in [0, 0.1) is 6.92 Å². The average Bonchev–Trinajstić information content (AvgIpc) is 2.93. The first-order valence-corrected chi connectivity index (χ1v) is 8.64. The number of aromatic nitrogens is 3. The molecule has 2 aromatic heterocycles. The van der Waals surface area contributed by atoms with Gasteiger partial charge in [0, 0.05) is 23.5 Å². The van der Waals surface area contributed by atoms with Gasteiger partial charge in [-0.2, -0.15) is 9.61 Å². The number of benzene rings is 1. The largest absolute Gasteiger partial charge is 0.362 e. The van der Waals surface area contributed by atoms with Crippen molar-refractivity contribution in [1.29, 1.82) is 0 Å². The maximum Gasteiger partial charge on any atom is 0.275 e. The minimum Gasteiger partial charge on any atom is -0.362 e. The van der Waals surface area contributed by atoms with Gasteiger partial charge < -0.3 is 4.90 Å². The second-order valence-corrected chi connectivity index (χ2v) is 7.11. The number of aryl methyl sites for hydroxylation is 2. The summed E-state index contributed by atoms with van der Waals surface area (Å²) < 4.78 is 1.41. The molecule has 0 fully saturated rings. The molecule has 0 radical (unpaired) electrons. The first-order valence-electron chi connectivity index (χ1n) is 7.83. The predicted molar refractivity (Wildman–Crippen MR) is 92.3 cm³/mol. The summed E-state index contributed by atoms with van der Waals surface area (Å²) in [5.74, 6) is 0. The Bertz CT molecular complexity index is 930. The maximum absolute atomic E-state index is 12.0. The molecule has 4 rings (SSSR count). The van der Waals surface area contributed by atoms with Crippen LogP contribution in [-0.4, -0.2) is 20.6 Å². The van der Waals surface area contributed by atoms with Crippen molar-refractivity contribution in [2.45, 2.75) is 39.3 Å². The fourth-order valence-corrected chi connectivity index (χ4v) is 4.11. The van der Waals surface area contributed by atoms with Crippen LogP contribution < -0.4 is 10.5 Å². The first-order chi connectivity index (χ1) is 11.1. The van der Waals surface area contributed by atoms with Crippen LogP contribution in [0.3, 0.4) is 0 Å². The fourth-order valence-electron chi connectivity index (χ4n) is 3.17. The molecule has 3 heterocycles. The normalized spacial score (nSPS) is 17.5. The Hall–Kier alpha value is -2.21. The Morgan fingerprint density at radius 1 is 1.35 bits per heavy atom. The van der Waals surface area contributed by atoms with Crippen molar-refractivity contribution < 1.29 is 0 Å². The molecule has 118 valence electrons. The van der Waals surface area contributed by atoms with E-state index in [1.807, 2.05) is 6.92 Å². The van der Waals surface area contributed by atoms with Gasteiger partial charge in [0.2, 0.25) is 4.96 Å². The first kappa shape index (κ1) is 14.4. The zero-order chi connectivity index (χ0) is 16.0. The van der Waals surface area contributed by atoms with Gasteiger partial charge in [-0.25, -0.2) is 4.98 Å². The molecular weight excluding hydrogens is 308 g/mol. The summed E-state index contributed by atoms with van der Waals surface area (Å²) in [6.45, 7) is 4.80. The zero-order valence-electron chi connectivity index (χ0n) is 13.2. The number of fused-ring (bicyclic) bond motifs is 2. The standard InChI is InChI=1S/C17H18N4OS/c1-11-9-16(22)21-17(18-11)23-15(19-21)10-20-12(2)7-8-13-5-3-4-6-14(13)20/h3-6,9,12H,7-8,10H2,1-2H3. The van der Waals surface area contributed by atoms with Gasteiger partial charge in [-0.3, -0.25) is 4.79 Å². The highest BCUT2D eigenvalue weighted by atomic mass is 32.1. The topological polar surface area (TPSA) is 50.5 Å². The van der Waals surface area contributed by atoms with Crippen LogP contribution in [-0.2, 0) is 13.0 Å². The van der Waals surface area contributed by atoms with E-state index in [2.05, 4.69) is 46.2 Å². The lowest BCUT2D eigenvalue weighted by Gasteiger charge is -2.36. The second-order valence-electron chi connectivity index (χ2n) is 6.07. The molecule has 0 saturated carbocycles. The van der Waals surface area contributed by atoms with Gasteiger partial charge in [0.05, 0.1) is 6.54 Å². The molecule has 5 nitrogen and oxygen atoms in total. The van der Waals surface area contributed by atoms with Crippen molar-refractivity contribution in [3.05, 3.63) is 57.0 Å². The molecule has 0 saturated heterocycles. The van der Waals surface area contributed by atoms with Crippen LogP contribution in [0.4, 0.5) is 5.69 Å². The molecule has 0 spiro atoms. The summed E-state index contributed by atoms with van der Waals surface area (Å²) in [5, 5.41) is 5.39. The molecule has 0 N–H and O–H groups in total. The van der Waals surface area contributed by atoms with E-state index in [1.165, 1.54) is 33.2 Å². The van der Waals surface area contributed by atoms with Gasteiger partial charge in [0.25, 0.3) is 5.56 Å². The molecule has 1 unspecified atom stereocenters. The number of hydrogen-bond acceptors (Lipinski definition) is 5. The van der Waals surface area contributed by atoms with Gasteiger partial charge >= 0.3 is 0 Å². The van der Waals surface area contributed by atoms with Crippen molar-refractivity contribution in [3.8, 4) is 0 Å². The highest BCUT2D eigenvalue weighted by Gasteiger charge is 2.24. The smallest absolute Gasteiger partial charge is 0.275 e. The quantitative estimate of drug-likeness (QED) is 0.727. The second kappa shape index (κ2) is 5.45. The highest BCUT2D eigenvalue weighted by molar-refractivity contribution is 7.16. The van der Waals surface area contributed by atoms with E-state index < -0.39 is 0 Å². The maximum atomic E-state index is 12.0. The Morgan fingerprint density at radius 2 is 2.17 bits per heavy atom. The zero-order valence-corrected chi connectivity index (χ0v) is 14.0. The molecule has 6 heteroatoms. The van der Waals surface area contributed by atoms with Gasteiger partial charge in [-0.15, -0.1) is 0 Å². The molecule has 0 bridgehead atoms. The third-order valence-electron chi connectivity index (χ3n) is 4.39. The van der Waals surface area contributed by atoms with Crippen LogP contribution in [0.1, 0.15) is 29.6 Å². The van der Waals surface area contributed by atoms with Crippen LogP contribution >= 0.6 is 11.3 Å². The van der Waals surface area contributed by atoms with Crippen molar-refractivity contribution >= 4 is 22.0 Å². The SMILES string of the molecule is Cc1cc(=O)n2nc(CN3c4ccccc4CCC3C)sc2n1. The molecule has 0 aliphatic carbocycles. The molecule has 1 atom stereocenters. The van der Waals surface area contributed by atoms with Crippen LogP contribution in [0.5, 0.6) is 0 Å². The Balaban J connectivity index is 1.73. The summed E-state index contributed by atoms with van der Waals surface area (Å²) in [6, 6.07) is 10.5. The molecule has 1 aromatic carbocycles. The molecule has 3 aromatic rings. The summed E-state index contributed by atoms with van der Waals surface area (Å²) >= 11 is 1.50. The Labute approximate surface area is 138 Å². The van der Waals surface area contributed by atoms with Crippen molar-refractivity contribution in [1.82, 2.24) is 14.6 Å². The van der Waals surface area contributed by atoms with Crippen LogP contribution in [0.2, 0.25) is 0 Å². The number of nitrogens with zero attached hydrogens (tertiary/aromatic N) is 4. The van der Waals surface area contributed by atoms with E-state index in [0.29, 0.717) is 17.5 Å². The Kier molecular flexibility index (Phi) is 3.41. The van der Waals surface area contributed by atoms with Gasteiger partial charge in [0.1, 0.15) is 5.01 Å². The van der Waals surface area contributed by atoms with Crippen LogP contribution in [0.25, 0.3) is 4.96 Å². The average molecular weight is 326 g/mol. The molecule has 1 aliphatic heterocycles. The van der Waals surface area contributed by atoms with E-state index in [1.54, 1.807) is 0 Å². The van der Waals surface area contributed by atoms with Gasteiger partial charge in [-0.05, 0) is 38.3 Å². The van der Waals surface area contributed by atoms with Gasteiger partial charge in [-0.1, -0.05) is 29.5 Å². The minimum absolute atomic E-state index is 0.109. The fraction of sp³-hybridized carbons (Fsp3) is 0.353. The van der Waals surface area contributed by atoms with Crippen molar-refractivity contribution in [2.24, 2.45) is 0 Å². The monoisotopic (exact) mass is 326 g/mol. The van der Waals surface area contributed by atoms with Crippen LogP contribution in [0.15, 0.2) is 35.1 Å². The lowest BCUT2D eigenvalue weighted by molar-refractivity contribution is 0.557. The van der Waals surface area contributed by atoms with E-state index >= 15 is 0 Å². The Morgan fingerprint density at radius 3 is 3.04 bits per heavy atom. The van der Waals surface area contributed by atoms with Gasteiger partial charge in [0.15, 0.2) is 0 Å². The lowest BCUT2D eigenvalue weighted by atomic mass is 9.97. The van der Waals surface area contributed by atoms with Crippen molar-refractivity contribution in [3.63, 3.8) is 0 Å². The minimum atomic E-state index is -0.109. The van der Waals surface area contributed by atoms with E-state index in [4.69, 9.17) is 0 Å². The molecule has 0 amide bonds. The number of anilines is 1. The third kappa shape index (κ3) is 2.53. The van der Waals surface area contributed by atoms with Crippen molar-refractivity contribution in [2.75, 3.05) is 4.90 Å². The lowest BCUT2D eigenvalue weighted by Crippen LogP contribution is -2.36. The van der Waals surface area contributed by atoms with E-state index in [9.17, 15) is 4.79 Å². The number of para-hydroxylation sites is 1. The molecule has 1 aliphatic rings. The molecular formula is C17H18N4OS. The summed E-state index contributed by atoms with van der Waals surface area (Å²) in [5.41, 5.74) is 3.30. The van der Waals surface area contributed by atoms with E-state index in [-0.39, 0.29) is 5.56 Å². The van der Waals surface area contributed by atoms with E-state index in [0.717, 1.165) is 23.5 Å². The predicted octanol–water partition coefficient (Wildman–Crippen LogP) is 2.80. The number of rotatable bonds is 2. The third-order valence-corrected chi connectivity index (χ3v) is 5.28. The number of hydrogen-bond donors (Lipinski definition) is 0. The summed E-state index contributed by atoms with van der Waals surface area (Å²) in [7, 11) is 0. The summed E-state index contributed by atoms with van der Waals surface area (Å²) in [4.78, 5) is 19.5. The summed E-state index contributed by atoms with van der Waals surface area (Å²) in [6.07, 6.45) is 2.26. The molecule has 23 heavy (non-hydrogen) atoms. The highest BCUT2D eigenvalue weighted by Crippen LogP contribution is 2.32.